The van der Waals surface area contributed by atoms with E-state index >= 15 is 0 Å². The van der Waals surface area contributed by atoms with Crippen LogP contribution in [0.3, 0.4) is 0 Å². The maximum Gasteiger partial charge on any atom is 0.0712 e. The third-order valence-electron chi connectivity index (χ3n) is 2.98. The van der Waals surface area contributed by atoms with Gasteiger partial charge in [-0.1, -0.05) is 30.3 Å². The molecule has 3 rings (SSSR count). The summed E-state index contributed by atoms with van der Waals surface area (Å²) in [5, 5.41) is 11.2. The Morgan fingerprint density at radius 3 is 2.50 bits per heavy atom. The normalized spacial score (nSPS) is 10.5. The van der Waals surface area contributed by atoms with Crippen molar-refractivity contribution in [2.24, 2.45) is 0 Å². The molecule has 0 spiro atoms. The molecule has 0 amide bonds. The highest BCUT2D eigenvalue weighted by Gasteiger charge is 2.00. The molecule has 0 bridgehead atoms. The largest absolute Gasteiger partial charge is 0.396 e. The first-order valence-corrected chi connectivity index (χ1v) is 5.76. The smallest absolute Gasteiger partial charge is 0.0712 e. The minimum absolute atomic E-state index is 0. The molecular weight excluding hydrogens is 246 g/mol. The number of aliphatic hydroxyl groups excluding tert-OH is 1. The summed E-state index contributed by atoms with van der Waals surface area (Å²) >= 11 is 0. The van der Waals surface area contributed by atoms with Gasteiger partial charge in [0.2, 0.25) is 0 Å². The van der Waals surface area contributed by atoms with E-state index in [0.29, 0.717) is 6.42 Å². The molecule has 0 saturated carbocycles. The van der Waals surface area contributed by atoms with E-state index in [1.54, 1.807) is 0 Å². The van der Waals surface area contributed by atoms with Crippen LogP contribution in [0.5, 0.6) is 0 Å². The molecule has 2 nitrogen and oxygen atoms in total. The van der Waals surface area contributed by atoms with Gasteiger partial charge in [0, 0.05) is 17.4 Å². The molecule has 2 aromatic carbocycles. The molecule has 0 saturated heterocycles. The van der Waals surface area contributed by atoms with Gasteiger partial charge in [0.1, 0.15) is 0 Å². The van der Waals surface area contributed by atoms with Crippen LogP contribution in [0.2, 0.25) is 0 Å². The summed E-state index contributed by atoms with van der Waals surface area (Å²) in [5.41, 5.74) is 3.14. The van der Waals surface area contributed by atoms with E-state index in [1.807, 2.05) is 18.2 Å². The lowest BCUT2D eigenvalue weighted by molar-refractivity contribution is 0.299. The molecule has 1 N–H and O–H groups in total. The van der Waals surface area contributed by atoms with Gasteiger partial charge < -0.3 is 5.11 Å². The Morgan fingerprint density at radius 2 is 1.67 bits per heavy atom. The Bertz CT molecular complexity index is 681. The van der Waals surface area contributed by atoms with Gasteiger partial charge in [0.15, 0.2) is 0 Å². The first-order valence-electron chi connectivity index (χ1n) is 5.76. The molecule has 0 aliphatic rings. The van der Waals surface area contributed by atoms with Crippen molar-refractivity contribution in [2.45, 2.75) is 6.42 Å². The zero-order chi connectivity index (χ0) is 11.7. The number of halogens is 1. The van der Waals surface area contributed by atoms with Crippen LogP contribution in [0.1, 0.15) is 5.56 Å². The minimum Gasteiger partial charge on any atom is -0.396 e. The Hall–Kier alpha value is -1.64. The van der Waals surface area contributed by atoms with E-state index in [4.69, 9.17) is 5.11 Å². The number of rotatable bonds is 2. The first-order chi connectivity index (χ1) is 8.36. The number of pyridine rings is 1. The Kier molecular flexibility index (Phi) is 3.80. The van der Waals surface area contributed by atoms with Crippen LogP contribution < -0.4 is 0 Å². The van der Waals surface area contributed by atoms with Gasteiger partial charge in [-0.25, -0.2) is 4.98 Å². The molecule has 92 valence electrons. The van der Waals surface area contributed by atoms with Gasteiger partial charge in [0.25, 0.3) is 0 Å². The van der Waals surface area contributed by atoms with E-state index in [2.05, 4.69) is 35.3 Å². The summed E-state index contributed by atoms with van der Waals surface area (Å²) < 4.78 is 0. The number of hydrogen-bond donors (Lipinski definition) is 1. The monoisotopic (exact) mass is 259 g/mol. The van der Waals surface area contributed by atoms with Gasteiger partial charge in [-0.15, -0.1) is 12.4 Å². The molecule has 0 unspecified atom stereocenters. The van der Waals surface area contributed by atoms with E-state index in [-0.39, 0.29) is 19.0 Å². The zero-order valence-electron chi connectivity index (χ0n) is 9.84. The SMILES string of the molecule is Cl.OCCc1ccc2cc3ccccc3nc2c1. The van der Waals surface area contributed by atoms with Crippen LogP contribution in [0, 0.1) is 0 Å². The van der Waals surface area contributed by atoms with Crippen molar-refractivity contribution in [3.8, 4) is 0 Å². The van der Waals surface area contributed by atoms with Gasteiger partial charge in [-0.2, -0.15) is 0 Å². The van der Waals surface area contributed by atoms with Gasteiger partial charge in [0.05, 0.1) is 11.0 Å². The molecular formula is C15H14ClNO. The molecule has 0 fully saturated rings. The highest BCUT2D eigenvalue weighted by Crippen LogP contribution is 2.20. The molecule has 1 aromatic heterocycles. The standard InChI is InChI=1S/C15H13NO.ClH/c17-8-7-11-5-6-13-10-12-3-1-2-4-14(12)16-15(13)9-11;/h1-6,9-10,17H,7-8H2;1H. The zero-order valence-corrected chi connectivity index (χ0v) is 10.7. The van der Waals surface area contributed by atoms with Gasteiger partial charge in [-0.3, -0.25) is 0 Å². The predicted molar refractivity (Wildman–Crippen MR) is 77.3 cm³/mol. The van der Waals surface area contributed by atoms with E-state index in [1.165, 1.54) is 0 Å². The molecule has 0 aliphatic heterocycles. The molecule has 3 heteroatoms. The highest BCUT2D eigenvalue weighted by molar-refractivity contribution is 5.92. The average Bonchev–Trinajstić information content (AvgIpc) is 2.36. The maximum absolute atomic E-state index is 8.94. The fourth-order valence-corrected chi connectivity index (χ4v) is 2.10. The van der Waals surface area contributed by atoms with Gasteiger partial charge in [-0.05, 0) is 30.2 Å². The summed E-state index contributed by atoms with van der Waals surface area (Å²) in [6.45, 7) is 0.180. The van der Waals surface area contributed by atoms with Gasteiger partial charge >= 0.3 is 0 Å². The van der Waals surface area contributed by atoms with Crippen molar-refractivity contribution in [2.75, 3.05) is 6.61 Å². The second kappa shape index (κ2) is 5.34. The van der Waals surface area contributed by atoms with E-state index < -0.39 is 0 Å². The summed E-state index contributed by atoms with van der Waals surface area (Å²) in [6, 6.07) is 16.4. The summed E-state index contributed by atoms with van der Waals surface area (Å²) in [5.74, 6) is 0. The molecule has 18 heavy (non-hydrogen) atoms. The molecule has 0 radical (unpaired) electrons. The van der Waals surface area contributed by atoms with Crippen molar-refractivity contribution in [1.82, 2.24) is 4.98 Å². The van der Waals surface area contributed by atoms with E-state index in [9.17, 15) is 0 Å². The fourth-order valence-electron chi connectivity index (χ4n) is 2.10. The summed E-state index contributed by atoms with van der Waals surface area (Å²) in [4.78, 5) is 4.64. The number of aliphatic hydroxyl groups is 1. The topological polar surface area (TPSA) is 33.1 Å². The predicted octanol–water partition coefficient (Wildman–Crippen LogP) is 3.34. The van der Waals surface area contributed by atoms with Crippen LogP contribution in [-0.4, -0.2) is 16.7 Å². The van der Waals surface area contributed by atoms with Crippen LogP contribution in [0.25, 0.3) is 21.8 Å². The minimum atomic E-state index is 0. The Labute approximate surface area is 112 Å². The Morgan fingerprint density at radius 1 is 0.889 bits per heavy atom. The number of benzene rings is 2. The lowest BCUT2D eigenvalue weighted by Gasteiger charge is -2.03. The van der Waals surface area contributed by atoms with Crippen LogP contribution in [0.15, 0.2) is 48.5 Å². The third-order valence-corrected chi connectivity index (χ3v) is 2.98. The van der Waals surface area contributed by atoms with Crippen molar-refractivity contribution >= 4 is 34.2 Å². The molecule has 0 aliphatic carbocycles. The number of aromatic nitrogens is 1. The summed E-state index contributed by atoms with van der Waals surface area (Å²) in [7, 11) is 0. The first kappa shape index (κ1) is 12.8. The van der Waals surface area contributed by atoms with Crippen LogP contribution in [0.4, 0.5) is 0 Å². The third kappa shape index (κ3) is 2.30. The van der Waals surface area contributed by atoms with Crippen molar-refractivity contribution in [1.29, 1.82) is 0 Å². The average molecular weight is 260 g/mol. The Balaban J connectivity index is 0.00000120. The van der Waals surface area contributed by atoms with Crippen LogP contribution in [-0.2, 0) is 6.42 Å². The fraction of sp³-hybridized carbons (Fsp3) is 0.133. The summed E-state index contributed by atoms with van der Waals surface area (Å²) in [6.07, 6.45) is 0.685. The number of hydrogen-bond acceptors (Lipinski definition) is 2. The van der Waals surface area contributed by atoms with Crippen molar-refractivity contribution in [3.63, 3.8) is 0 Å². The quantitative estimate of drug-likeness (QED) is 0.716. The molecule has 1 heterocycles. The lowest BCUT2D eigenvalue weighted by Crippen LogP contribution is -1.91. The van der Waals surface area contributed by atoms with Crippen molar-refractivity contribution in [3.05, 3.63) is 54.1 Å². The molecule has 0 atom stereocenters. The van der Waals surface area contributed by atoms with Crippen molar-refractivity contribution < 1.29 is 5.11 Å². The lowest BCUT2D eigenvalue weighted by atomic mass is 10.1. The second-order valence-electron chi connectivity index (χ2n) is 4.18. The van der Waals surface area contributed by atoms with Crippen LogP contribution >= 0.6 is 12.4 Å². The number of nitrogens with zero attached hydrogens (tertiary/aromatic N) is 1. The second-order valence-corrected chi connectivity index (χ2v) is 4.18. The maximum atomic E-state index is 8.94. The highest BCUT2D eigenvalue weighted by atomic mass is 35.5. The number of fused-ring (bicyclic) bond motifs is 2. The number of para-hydroxylation sites is 1. The molecule has 3 aromatic rings. The van der Waals surface area contributed by atoms with E-state index in [0.717, 1.165) is 27.4 Å².